The minimum Gasteiger partial charge on any atom is -0.494 e. The molecule has 4 aromatic rings. The van der Waals surface area contributed by atoms with Gasteiger partial charge in [-0.1, -0.05) is 30.3 Å². The summed E-state index contributed by atoms with van der Waals surface area (Å²) in [6.45, 7) is 4.49. The normalized spacial score (nSPS) is 11.3. The molecule has 0 spiro atoms. The van der Waals surface area contributed by atoms with E-state index in [2.05, 4.69) is 20.4 Å². The van der Waals surface area contributed by atoms with Gasteiger partial charge in [0.1, 0.15) is 11.3 Å². The summed E-state index contributed by atoms with van der Waals surface area (Å²) in [4.78, 5) is 13.0. The van der Waals surface area contributed by atoms with Gasteiger partial charge in [0.15, 0.2) is 5.82 Å². The molecule has 4 rings (SSSR count). The van der Waals surface area contributed by atoms with Crippen LogP contribution in [0.2, 0.25) is 0 Å². The van der Waals surface area contributed by atoms with Crippen molar-refractivity contribution in [2.75, 3.05) is 13.2 Å². The molecule has 30 heavy (non-hydrogen) atoms. The molecule has 8 heteroatoms. The van der Waals surface area contributed by atoms with Gasteiger partial charge in [-0.25, -0.2) is 0 Å². The smallest absolute Gasteiger partial charge is 0.317 e. The molecule has 0 aliphatic rings. The molecule has 1 N–H and O–H groups in total. The van der Waals surface area contributed by atoms with Gasteiger partial charge in [0, 0.05) is 12.1 Å². The van der Waals surface area contributed by atoms with E-state index in [1.54, 1.807) is 31.2 Å². The van der Waals surface area contributed by atoms with Gasteiger partial charge in [0.2, 0.25) is 11.1 Å². The van der Waals surface area contributed by atoms with Crippen LogP contribution in [-0.4, -0.2) is 23.4 Å². The van der Waals surface area contributed by atoms with Crippen LogP contribution in [0.25, 0.3) is 22.2 Å². The lowest BCUT2D eigenvalue weighted by molar-refractivity contribution is 0.262. The minimum atomic E-state index is -0.342. The highest BCUT2D eigenvalue weighted by Gasteiger charge is 2.17. The molecule has 152 valence electrons. The Morgan fingerprint density at radius 2 is 1.80 bits per heavy atom. The fourth-order valence-corrected chi connectivity index (χ4v) is 2.94. The third-order valence-electron chi connectivity index (χ3n) is 4.30. The number of aromatic nitrogens is 2. The zero-order valence-corrected chi connectivity index (χ0v) is 16.6. The van der Waals surface area contributed by atoms with Crippen molar-refractivity contribution in [1.29, 1.82) is 0 Å². The molecular weight excluding hydrogens is 384 g/mol. The molecule has 0 aliphatic heterocycles. The second-order valence-corrected chi connectivity index (χ2v) is 6.30. The first-order chi connectivity index (χ1) is 14.7. The Hall–Kier alpha value is -3.94. The Bertz CT molecular complexity index is 1250. The van der Waals surface area contributed by atoms with Crippen LogP contribution in [-0.2, 0) is 0 Å². The molecule has 8 nitrogen and oxygen atoms in total. The number of hydrogen-bond acceptors (Lipinski definition) is 7. The molecule has 0 bridgehead atoms. The second kappa shape index (κ2) is 8.60. The monoisotopic (exact) mass is 404 g/mol. The van der Waals surface area contributed by atoms with E-state index in [9.17, 15) is 4.79 Å². The maximum absolute atomic E-state index is 13.0. The number of ether oxygens (including phenoxy) is 2. The number of fused-ring (bicyclic) bond motifs is 1. The first-order valence-corrected chi connectivity index (χ1v) is 9.58. The minimum absolute atomic E-state index is 0.00576. The third-order valence-corrected chi connectivity index (χ3v) is 4.30. The molecule has 0 aliphatic carbocycles. The van der Waals surface area contributed by atoms with Crippen molar-refractivity contribution < 1.29 is 13.9 Å². The highest BCUT2D eigenvalue weighted by molar-refractivity contribution is 5.81. The van der Waals surface area contributed by atoms with E-state index in [4.69, 9.17) is 13.9 Å². The van der Waals surface area contributed by atoms with E-state index >= 15 is 0 Å². The summed E-state index contributed by atoms with van der Waals surface area (Å²) < 4.78 is 16.8. The molecule has 0 saturated carbocycles. The van der Waals surface area contributed by atoms with Crippen LogP contribution in [0.15, 0.2) is 74.0 Å². The van der Waals surface area contributed by atoms with Gasteiger partial charge in [0.25, 0.3) is 0 Å². The number of nitrogens with zero attached hydrogens (tertiary/aromatic N) is 3. The molecule has 2 aromatic carbocycles. The van der Waals surface area contributed by atoms with Gasteiger partial charge in [-0.05, 0) is 31.5 Å². The predicted molar refractivity (Wildman–Crippen MR) is 113 cm³/mol. The Morgan fingerprint density at radius 1 is 1.00 bits per heavy atom. The maximum atomic E-state index is 13.0. The van der Waals surface area contributed by atoms with Crippen LogP contribution in [0.3, 0.4) is 0 Å². The summed E-state index contributed by atoms with van der Waals surface area (Å²) in [7, 11) is 0. The van der Waals surface area contributed by atoms with Crippen LogP contribution in [0.4, 0.5) is 11.5 Å². The Kier molecular flexibility index (Phi) is 5.56. The lowest BCUT2D eigenvalue weighted by Crippen LogP contribution is -2.05. The van der Waals surface area contributed by atoms with Gasteiger partial charge in [-0.15, -0.1) is 10.2 Å². The molecule has 0 saturated heterocycles. The molecule has 2 aromatic heterocycles. The van der Waals surface area contributed by atoms with E-state index < -0.39 is 0 Å². The third kappa shape index (κ3) is 3.93. The van der Waals surface area contributed by atoms with Crippen molar-refractivity contribution in [2.24, 2.45) is 10.2 Å². The number of benzene rings is 2. The van der Waals surface area contributed by atoms with E-state index in [0.717, 1.165) is 11.3 Å². The number of H-pyrrole nitrogens is 1. The predicted octanol–water partition coefficient (Wildman–Crippen LogP) is 5.40. The summed E-state index contributed by atoms with van der Waals surface area (Å²) >= 11 is 0. The van der Waals surface area contributed by atoms with Crippen molar-refractivity contribution in [1.82, 2.24) is 10.2 Å². The van der Waals surface area contributed by atoms with Crippen LogP contribution >= 0.6 is 0 Å². The lowest BCUT2D eigenvalue weighted by Gasteiger charge is -2.08. The number of rotatable bonds is 7. The number of nitrogens with one attached hydrogen (secondary N) is 1. The summed E-state index contributed by atoms with van der Waals surface area (Å²) in [5.41, 5.74) is 1.77. The van der Waals surface area contributed by atoms with Gasteiger partial charge in [-0.2, -0.15) is 5.10 Å². The van der Waals surface area contributed by atoms with Crippen molar-refractivity contribution in [3.8, 4) is 23.0 Å². The summed E-state index contributed by atoms with van der Waals surface area (Å²) in [5, 5.41) is 15.6. The molecule has 0 radical (unpaired) electrons. The highest BCUT2D eigenvalue weighted by atomic mass is 16.6. The van der Waals surface area contributed by atoms with Gasteiger partial charge in [-0.3, -0.25) is 9.89 Å². The SMILES string of the molecule is CCOc1ccc2c(=O)c(/N=N/c3cc(-c4ccccc4)[nH]n3)c(OCC)oc2c1. The standard InChI is InChI=1S/C22H20N4O4/c1-3-28-15-10-11-16-18(12-15)30-22(29-4-2)20(21(16)27)26-25-19-13-17(23-24-19)14-8-6-5-7-9-14/h5-13H,3-4H2,1-2H3,(H,23,24)/b26-25+. The van der Waals surface area contributed by atoms with Gasteiger partial charge >= 0.3 is 5.95 Å². The first kappa shape index (κ1) is 19.4. The summed E-state index contributed by atoms with van der Waals surface area (Å²) in [6.07, 6.45) is 0. The van der Waals surface area contributed by atoms with Crippen molar-refractivity contribution in [3.63, 3.8) is 0 Å². The van der Waals surface area contributed by atoms with Gasteiger partial charge < -0.3 is 13.9 Å². The van der Waals surface area contributed by atoms with Crippen LogP contribution in [0.5, 0.6) is 11.7 Å². The van der Waals surface area contributed by atoms with Crippen molar-refractivity contribution >= 4 is 22.5 Å². The fraction of sp³-hybridized carbons (Fsp3) is 0.182. The van der Waals surface area contributed by atoms with Crippen molar-refractivity contribution in [2.45, 2.75) is 13.8 Å². The topological polar surface area (TPSA) is 102 Å². The Labute approximate surface area is 172 Å². The number of azo groups is 1. The lowest BCUT2D eigenvalue weighted by atomic mass is 10.2. The van der Waals surface area contributed by atoms with E-state index in [-0.39, 0.29) is 17.1 Å². The largest absolute Gasteiger partial charge is 0.494 e. The Balaban J connectivity index is 1.72. The summed E-state index contributed by atoms with van der Waals surface area (Å²) in [6, 6.07) is 16.5. The van der Waals surface area contributed by atoms with Crippen LogP contribution < -0.4 is 14.9 Å². The zero-order valence-electron chi connectivity index (χ0n) is 16.6. The van der Waals surface area contributed by atoms with Crippen LogP contribution in [0.1, 0.15) is 13.8 Å². The molecule has 0 unspecified atom stereocenters. The molecule has 0 fully saturated rings. The van der Waals surface area contributed by atoms with Crippen molar-refractivity contribution in [3.05, 3.63) is 64.8 Å². The molecule has 2 heterocycles. The highest BCUT2D eigenvalue weighted by Crippen LogP contribution is 2.31. The Morgan fingerprint density at radius 3 is 2.57 bits per heavy atom. The molecule has 0 atom stereocenters. The first-order valence-electron chi connectivity index (χ1n) is 9.58. The van der Waals surface area contributed by atoms with E-state index in [1.165, 1.54) is 0 Å². The maximum Gasteiger partial charge on any atom is 0.317 e. The van der Waals surface area contributed by atoms with E-state index in [1.807, 2.05) is 37.3 Å². The van der Waals surface area contributed by atoms with Crippen LogP contribution in [0, 0.1) is 0 Å². The van der Waals surface area contributed by atoms with E-state index in [0.29, 0.717) is 35.8 Å². The molecular formula is C22H20N4O4. The number of aromatic amines is 1. The fourth-order valence-electron chi connectivity index (χ4n) is 2.94. The average molecular weight is 404 g/mol. The number of hydrogen-bond donors (Lipinski definition) is 1. The quantitative estimate of drug-likeness (QED) is 0.416. The second-order valence-electron chi connectivity index (χ2n) is 6.30. The zero-order chi connectivity index (χ0) is 20.9. The average Bonchev–Trinajstić information content (AvgIpc) is 3.23. The summed E-state index contributed by atoms with van der Waals surface area (Å²) in [5.74, 6) is 0.948. The molecule has 0 amide bonds. The van der Waals surface area contributed by atoms with Gasteiger partial charge in [0.05, 0.1) is 24.3 Å².